The number of urea groups is 1. The van der Waals surface area contributed by atoms with E-state index in [0.717, 1.165) is 30.9 Å². The molecule has 0 radical (unpaired) electrons. The highest BCUT2D eigenvalue weighted by Crippen LogP contribution is 2.44. The van der Waals surface area contributed by atoms with Crippen molar-refractivity contribution in [3.8, 4) is 0 Å². The van der Waals surface area contributed by atoms with Gasteiger partial charge in [-0.3, -0.25) is 9.48 Å². The molecule has 1 atom stereocenters. The lowest BCUT2D eigenvalue weighted by Crippen LogP contribution is -2.46. The summed E-state index contributed by atoms with van der Waals surface area (Å²) >= 11 is 0. The van der Waals surface area contributed by atoms with E-state index in [9.17, 15) is 31.2 Å². The molecule has 13 heteroatoms. The normalized spacial score (nSPS) is 21.1. The summed E-state index contributed by atoms with van der Waals surface area (Å²) in [5, 5.41) is 4.55. The molecule has 1 aromatic carbocycles. The first-order chi connectivity index (χ1) is 17.9. The van der Waals surface area contributed by atoms with Gasteiger partial charge in [-0.2, -0.15) is 18.3 Å². The largest absolute Gasteiger partial charge is 0.416 e. The number of piperidine rings is 1. The predicted octanol–water partition coefficient (Wildman–Crippen LogP) is 3.72. The van der Waals surface area contributed by atoms with Crippen LogP contribution in [0.4, 0.5) is 18.0 Å². The third-order valence-electron chi connectivity index (χ3n) is 7.58. The molecule has 3 amide bonds. The highest BCUT2D eigenvalue weighted by atomic mass is 32.2. The van der Waals surface area contributed by atoms with Crippen LogP contribution >= 0.6 is 0 Å². The molecule has 3 heterocycles. The van der Waals surface area contributed by atoms with Crippen molar-refractivity contribution in [1.29, 1.82) is 0 Å². The van der Waals surface area contributed by atoms with Crippen LogP contribution in [0.5, 0.6) is 0 Å². The Kier molecular flexibility index (Phi) is 6.91. The maximum atomic E-state index is 13.6. The highest BCUT2D eigenvalue weighted by Gasteiger charge is 2.40. The molecular weight excluding hydrogens is 523 g/mol. The standard InChI is InChI=1S/C25H30F3N5O4S/c1-38(36,37)30-24(35)31-12-9-18(10-13-31)33-22(16-6-7-16)20(14-29-33)23(34)32-11-8-17(15-32)19-4-2-3-5-21(19)25(26,27)28/h2-5,14,16-18H,6-13,15H2,1H3,(H,30,35)/t17-/m1/s1. The maximum Gasteiger partial charge on any atom is 0.416 e. The van der Waals surface area contributed by atoms with Crippen LogP contribution in [0.1, 0.15) is 77.2 Å². The Morgan fingerprint density at radius 3 is 2.26 bits per heavy atom. The van der Waals surface area contributed by atoms with Crippen molar-refractivity contribution in [2.45, 2.75) is 56.2 Å². The first kappa shape index (κ1) is 26.5. The van der Waals surface area contributed by atoms with Gasteiger partial charge in [-0.05, 0) is 43.7 Å². The number of nitrogens with one attached hydrogen (secondary N) is 1. The molecule has 0 spiro atoms. The first-order valence-electron chi connectivity index (χ1n) is 12.7. The smallest absolute Gasteiger partial charge is 0.338 e. The average molecular weight is 554 g/mol. The van der Waals surface area contributed by atoms with Gasteiger partial charge in [0.15, 0.2) is 0 Å². The van der Waals surface area contributed by atoms with Crippen LogP contribution in [0.15, 0.2) is 30.5 Å². The van der Waals surface area contributed by atoms with E-state index in [1.807, 2.05) is 9.40 Å². The fourth-order valence-corrected chi connectivity index (χ4v) is 6.05. The maximum absolute atomic E-state index is 13.6. The number of hydrogen-bond acceptors (Lipinski definition) is 5. The molecule has 1 N–H and O–H groups in total. The van der Waals surface area contributed by atoms with Crippen molar-refractivity contribution in [2.75, 3.05) is 32.4 Å². The summed E-state index contributed by atoms with van der Waals surface area (Å²) in [7, 11) is -3.65. The summed E-state index contributed by atoms with van der Waals surface area (Å²) in [6.07, 6.45) is 1.50. The van der Waals surface area contributed by atoms with Gasteiger partial charge in [-0.1, -0.05) is 18.2 Å². The lowest BCUT2D eigenvalue weighted by atomic mass is 9.93. The topological polar surface area (TPSA) is 105 Å². The van der Waals surface area contributed by atoms with E-state index in [1.54, 1.807) is 17.2 Å². The number of sulfonamides is 1. The summed E-state index contributed by atoms with van der Waals surface area (Å²) in [5.41, 5.74) is 0.921. The summed E-state index contributed by atoms with van der Waals surface area (Å²) in [4.78, 5) is 28.8. The van der Waals surface area contributed by atoms with Gasteiger partial charge in [0.2, 0.25) is 10.0 Å². The zero-order valence-electron chi connectivity index (χ0n) is 20.9. The fourth-order valence-electron chi connectivity index (χ4n) is 5.61. The van der Waals surface area contributed by atoms with Crippen LogP contribution in [-0.4, -0.2) is 72.4 Å². The fraction of sp³-hybridized carbons (Fsp3) is 0.560. The number of carbonyl (C=O) groups is 2. The van der Waals surface area contributed by atoms with E-state index in [4.69, 9.17) is 0 Å². The minimum atomic E-state index is -4.45. The van der Waals surface area contributed by atoms with E-state index in [2.05, 4.69) is 5.10 Å². The summed E-state index contributed by atoms with van der Waals surface area (Å²) in [5.74, 6) is -0.402. The van der Waals surface area contributed by atoms with E-state index in [1.165, 1.54) is 17.0 Å². The monoisotopic (exact) mass is 553 g/mol. The van der Waals surface area contributed by atoms with E-state index >= 15 is 0 Å². The second kappa shape index (κ2) is 9.90. The number of halogens is 3. The van der Waals surface area contributed by atoms with Crippen molar-refractivity contribution in [2.24, 2.45) is 0 Å². The van der Waals surface area contributed by atoms with Crippen LogP contribution in [0.25, 0.3) is 0 Å². The molecule has 2 saturated heterocycles. The molecule has 2 aliphatic heterocycles. The number of likely N-dealkylation sites (tertiary alicyclic amines) is 2. The Morgan fingerprint density at radius 2 is 1.63 bits per heavy atom. The first-order valence-corrected chi connectivity index (χ1v) is 14.6. The van der Waals surface area contributed by atoms with Gasteiger partial charge in [-0.25, -0.2) is 17.9 Å². The number of rotatable bonds is 5. The Morgan fingerprint density at radius 1 is 0.974 bits per heavy atom. The quantitative estimate of drug-likeness (QED) is 0.608. The minimum Gasteiger partial charge on any atom is -0.338 e. The van der Waals surface area contributed by atoms with Crippen molar-refractivity contribution in [3.05, 3.63) is 52.8 Å². The summed E-state index contributed by atoms with van der Waals surface area (Å²) < 4.78 is 67.3. The van der Waals surface area contributed by atoms with Gasteiger partial charge < -0.3 is 9.80 Å². The number of amides is 3. The van der Waals surface area contributed by atoms with Gasteiger partial charge in [0.25, 0.3) is 5.91 Å². The molecule has 206 valence electrons. The van der Waals surface area contributed by atoms with Crippen molar-refractivity contribution >= 4 is 22.0 Å². The van der Waals surface area contributed by atoms with Crippen molar-refractivity contribution in [1.82, 2.24) is 24.3 Å². The van der Waals surface area contributed by atoms with Gasteiger partial charge in [0.05, 0.1) is 35.3 Å². The third-order valence-corrected chi connectivity index (χ3v) is 8.13. The molecule has 1 aliphatic carbocycles. The zero-order chi connectivity index (χ0) is 27.2. The van der Waals surface area contributed by atoms with E-state index in [-0.39, 0.29) is 30.0 Å². The Hall–Kier alpha value is -3.09. The third kappa shape index (κ3) is 5.52. The number of nitrogens with zero attached hydrogens (tertiary/aromatic N) is 4. The molecule has 9 nitrogen and oxygen atoms in total. The number of carbonyl (C=O) groups excluding carboxylic acids is 2. The van der Waals surface area contributed by atoms with Crippen LogP contribution in [-0.2, 0) is 16.2 Å². The van der Waals surface area contributed by atoms with Crippen LogP contribution in [0.2, 0.25) is 0 Å². The van der Waals surface area contributed by atoms with Gasteiger partial charge in [0.1, 0.15) is 0 Å². The molecular formula is C25H30F3N5O4S. The lowest BCUT2D eigenvalue weighted by molar-refractivity contribution is -0.138. The van der Waals surface area contributed by atoms with Crippen LogP contribution in [0.3, 0.4) is 0 Å². The van der Waals surface area contributed by atoms with Gasteiger partial charge in [-0.15, -0.1) is 0 Å². The summed E-state index contributed by atoms with van der Waals surface area (Å²) in [6.45, 7) is 1.30. The Balaban J connectivity index is 1.29. The van der Waals surface area contributed by atoms with E-state index in [0.29, 0.717) is 44.5 Å². The molecule has 38 heavy (non-hydrogen) atoms. The summed E-state index contributed by atoms with van der Waals surface area (Å²) in [6, 6.07) is 4.87. The minimum absolute atomic E-state index is 0.0422. The molecule has 0 unspecified atom stereocenters. The highest BCUT2D eigenvalue weighted by molar-refractivity contribution is 7.89. The molecule has 1 saturated carbocycles. The molecule has 1 aromatic heterocycles. The molecule has 2 aromatic rings. The van der Waals surface area contributed by atoms with Gasteiger partial charge >= 0.3 is 12.2 Å². The van der Waals surface area contributed by atoms with Crippen LogP contribution in [0, 0.1) is 0 Å². The number of benzene rings is 1. The molecule has 5 rings (SSSR count). The van der Waals surface area contributed by atoms with Gasteiger partial charge in [0, 0.05) is 38.0 Å². The Labute approximate surface area is 219 Å². The van der Waals surface area contributed by atoms with Crippen molar-refractivity contribution < 1.29 is 31.2 Å². The lowest BCUT2D eigenvalue weighted by Gasteiger charge is -2.32. The van der Waals surface area contributed by atoms with Crippen molar-refractivity contribution in [3.63, 3.8) is 0 Å². The van der Waals surface area contributed by atoms with Crippen LogP contribution < -0.4 is 4.72 Å². The predicted molar refractivity (Wildman–Crippen MR) is 132 cm³/mol. The number of aromatic nitrogens is 2. The van der Waals surface area contributed by atoms with E-state index < -0.39 is 33.7 Å². The molecule has 0 bridgehead atoms. The number of alkyl halides is 3. The average Bonchev–Trinajstić information content (AvgIpc) is 3.40. The second-order valence-corrected chi connectivity index (χ2v) is 12.1. The SMILES string of the molecule is CS(=O)(=O)NC(=O)N1CCC(n2ncc(C(=O)N3CC[C@@H](c4ccccc4C(F)(F)F)C3)c2C2CC2)CC1. The molecule has 3 aliphatic rings. The number of hydrogen-bond donors (Lipinski definition) is 1. The zero-order valence-corrected chi connectivity index (χ0v) is 21.8. The Bertz CT molecular complexity index is 1330. The second-order valence-electron chi connectivity index (χ2n) is 10.4. The molecule has 3 fully saturated rings.